The fraction of sp³-hybridized carbons (Fsp3) is 0.875. The van der Waals surface area contributed by atoms with E-state index in [4.69, 9.17) is 4.74 Å². The van der Waals surface area contributed by atoms with Crippen LogP contribution in [0.4, 0.5) is 0 Å². The first-order valence-electron chi connectivity index (χ1n) is 7.34. The fourth-order valence-electron chi connectivity index (χ4n) is 3.75. The summed E-state index contributed by atoms with van der Waals surface area (Å²) in [5.74, 6) is 3.44. The Morgan fingerprint density at radius 2 is 2.18 bits per heavy atom. The summed E-state index contributed by atoms with van der Waals surface area (Å²) in [4.78, 5) is 0. The maximum absolute atomic E-state index is 5.41. The van der Waals surface area contributed by atoms with Gasteiger partial charge in [0.05, 0.1) is 0 Å². The van der Waals surface area contributed by atoms with E-state index in [9.17, 15) is 0 Å². The summed E-state index contributed by atoms with van der Waals surface area (Å²) in [7, 11) is 1.84. The zero-order valence-electron chi connectivity index (χ0n) is 12.0. The largest absolute Gasteiger partial charge is 0.384 e. The van der Waals surface area contributed by atoms with Gasteiger partial charge in [0.2, 0.25) is 0 Å². The standard InChI is InChI=1S/C16H30O/c1-5-7-9-13(3)16-11-8-10-14(12-17-4)15(16)6-2/h5,13-16H,1,6-12H2,2-4H3/t13?,14-,15?,16?/m1/s1. The molecule has 0 aromatic carbocycles. The van der Waals surface area contributed by atoms with Crippen molar-refractivity contribution in [1.82, 2.24) is 0 Å². The van der Waals surface area contributed by atoms with Crippen LogP contribution in [0.2, 0.25) is 0 Å². The molecule has 0 heterocycles. The molecule has 1 saturated carbocycles. The summed E-state index contributed by atoms with van der Waals surface area (Å²) in [5, 5.41) is 0. The molecule has 0 spiro atoms. The molecule has 0 saturated heterocycles. The van der Waals surface area contributed by atoms with E-state index in [2.05, 4.69) is 26.5 Å². The Labute approximate surface area is 108 Å². The van der Waals surface area contributed by atoms with Crippen molar-refractivity contribution in [2.45, 2.75) is 52.4 Å². The predicted molar refractivity (Wildman–Crippen MR) is 75.1 cm³/mol. The highest BCUT2D eigenvalue weighted by atomic mass is 16.5. The molecule has 100 valence electrons. The average Bonchev–Trinajstić information content (AvgIpc) is 2.36. The molecule has 0 aliphatic heterocycles. The van der Waals surface area contributed by atoms with Crippen molar-refractivity contribution >= 4 is 0 Å². The van der Waals surface area contributed by atoms with E-state index >= 15 is 0 Å². The van der Waals surface area contributed by atoms with Crippen LogP contribution in [0.15, 0.2) is 12.7 Å². The van der Waals surface area contributed by atoms with E-state index in [1.54, 1.807) is 0 Å². The Morgan fingerprint density at radius 1 is 1.41 bits per heavy atom. The van der Waals surface area contributed by atoms with E-state index < -0.39 is 0 Å². The Morgan fingerprint density at radius 3 is 2.76 bits per heavy atom. The Hall–Kier alpha value is -0.300. The summed E-state index contributed by atoms with van der Waals surface area (Å²) < 4.78 is 5.41. The van der Waals surface area contributed by atoms with Crippen LogP contribution in [-0.2, 0) is 4.74 Å². The maximum Gasteiger partial charge on any atom is 0.0493 e. The molecule has 1 nitrogen and oxygen atoms in total. The lowest BCUT2D eigenvalue weighted by Crippen LogP contribution is -2.34. The van der Waals surface area contributed by atoms with Crippen LogP contribution in [0.1, 0.15) is 52.4 Å². The highest BCUT2D eigenvalue weighted by molar-refractivity contribution is 4.85. The van der Waals surface area contributed by atoms with Crippen LogP contribution >= 0.6 is 0 Å². The first-order valence-corrected chi connectivity index (χ1v) is 7.34. The van der Waals surface area contributed by atoms with Gasteiger partial charge in [0.1, 0.15) is 0 Å². The number of rotatable bonds is 7. The third-order valence-electron chi connectivity index (χ3n) is 4.68. The lowest BCUT2D eigenvalue weighted by atomic mass is 9.66. The van der Waals surface area contributed by atoms with Crippen LogP contribution < -0.4 is 0 Å². The second-order valence-corrected chi connectivity index (χ2v) is 5.73. The van der Waals surface area contributed by atoms with Crippen molar-refractivity contribution in [1.29, 1.82) is 0 Å². The molecule has 4 atom stereocenters. The molecule has 1 rings (SSSR count). The fourth-order valence-corrected chi connectivity index (χ4v) is 3.75. The lowest BCUT2D eigenvalue weighted by molar-refractivity contribution is 0.0394. The zero-order valence-corrected chi connectivity index (χ0v) is 12.0. The second-order valence-electron chi connectivity index (χ2n) is 5.73. The SMILES string of the molecule is C=CCCC(C)C1CCC[C@H](COC)C1CC. The normalized spacial score (nSPS) is 31.1. The van der Waals surface area contributed by atoms with Crippen molar-refractivity contribution in [3.05, 3.63) is 12.7 Å². The summed E-state index contributed by atoms with van der Waals surface area (Å²) in [6, 6.07) is 0. The van der Waals surface area contributed by atoms with Crippen molar-refractivity contribution in [3.63, 3.8) is 0 Å². The number of hydrogen-bond acceptors (Lipinski definition) is 1. The minimum Gasteiger partial charge on any atom is -0.384 e. The highest BCUT2D eigenvalue weighted by Gasteiger charge is 2.34. The Kier molecular flexibility index (Phi) is 6.87. The van der Waals surface area contributed by atoms with Gasteiger partial charge in [0.15, 0.2) is 0 Å². The van der Waals surface area contributed by atoms with Crippen molar-refractivity contribution < 1.29 is 4.74 Å². The molecule has 0 amide bonds. The molecule has 0 N–H and O–H groups in total. The maximum atomic E-state index is 5.41. The van der Waals surface area contributed by atoms with Crippen LogP contribution in [-0.4, -0.2) is 13.7 Å². The van der Waals surface area contributed by atoms with Gasteiger partial charge in [-0.25, -0.2) is 0 Å². The predicted octanol–water partition coefficient (Wildman–Crippen LogP) is 4.68. The van der Waals surface area contributed by atoms with Gasteiger partial charge in [-0.2, -0.15) is 0 Å². The monoisotopic (exact) mass is 238 g/mol. The van der Waals surface area contributed by atoms with Gasteiger partial charge in [-0.1, -0.05) is 32.8 Å². The smallest absolute Gasteiger partial charge is 0.0493 e. The molecule has 3 unspecified atom stereocenters. The number of allylic oxidation sites excluding steroid dienone is 1. The molecule has 0 bridgehead atoms. The summed E-state index contributed by atoms with van der Waals surface area (Å²) in [6.45, 7) is 9.59. The molecule has 1 aliphatic rings. The summed E-state index contributed by atoms with van der Waals surface area (Å²) in [5.41, 5.74) is 0. The molecule has 17 heavy (non-hydrogen) atoms. The summed E-state index contributed by atoms with van der Waals surface area (Å²) >= 11 is 0. The van der Waals surface area contributed by atoms with Gasteiger partial charge in [0, 0.05) is 13.7 Å². The van der Waals surface area contributed by atoms with Crippen molar-refractivity contribution in [2.24, 2.45) is 23.7 Å². The molecule has 1 fully saturated rings. The van der Waals surface area contributed by atoms with E-state index in [0.717, 1.165) is 30.3 Å². The van der Waals surface area contributed by atoms with Crippen LogP contribution in [0.5, 0.6) is 0 Å². The van der Waals surface area contributed by atoms with Crippen LogP contribution in [0, 0.1) is 23.7 Å². The number of hydrogen-bond donors (Lipinski definition) is 0. The average molecular weight is 238 g/mol. The van der Waals surface area contributed by atoms with Gasteiger partial charge < -0.3 is 4.74 Å². The Bertz CT molecular complexity index is 210. The topological polar surface area (TPSA) is 9.23 Å². The lowest BCUT2D eigenvalue weighted by Gasteiger charge is -2.40. The van der Waals surface area contributed by atoms with Gasteiger partial charge >= 0.3 is 0 Å². The van der Waals surface area contributed by atoms with Gasteiger partial charge in [-0.05, 0) is 49.4 Å². The Balaban J connectivity index is 2.58. The van der Waals surface area contributed by atoms with E-state index in [-0.39, 0.29) is 0 Å². The number of ether oxygens (including phenoxy) is 1. The minimum absolute atomic E-state index is 0.801. The number of methoxy groups -OCH3 is 1. The molecular weight excluding hydrogens is 208 g/mol. The van der Waals surface area contributed by atoms with E-state index in [0.29, 0.717) is 0 Å². The van der Waals surface area contributed by atoms with Crippen molar-refractivity contribution in [2.75, 3.05) is 13.7 Å². The third-order valence-corrected chi connectivity index (χ3v) is 4.68. The highest BCUT2D eigenvalue weighted by Crippen LogP contribution is 2.42. The first kappa shape index (κ1) is 14.8. The summed E-state index contributed by atoms with van der Waals surface area (Å²) in [6.07, 6.45) is 10.1. The van der Waals surface area contributed by atoms with Crippen LogP contribution in [0.25, 0.3) is 0 Å². The molecule has 0 aromatic rings. The molecular formula is C16H30O. The quantitative estimate of drug-likeness (QED) is 0.585. The van der Waals surface area contributed by atoms with Gasteiger partial charge in [0.25, 0.3) is 0 Å². The van der Waals surface area contributed by atoms with Crippen molar-refractivity contribution in [3.8, 4) is 0 Å². The minimum atomic E-state index is 0.801. The third kappa shape index (κ3) is 4.13. The van der Waals surface area contributed by atoms with Gasteiger partial charge in [-0.3, -0.25) is 0 Å². The van der Waals surface area contributed by atoms with Crippen LogP contribution in [0.3, 0.4) is 0 Å². The van der Waals surface area contributed by atoms with Gasteiger partial charge in [-0.15, -0.1) is 6.58 Å². The van der Waals surface area contributed by atoms with E-state index in [1.165, 1.54) is 38.5 Å². The molecule has 1 aliphatic carbocycles. The van der Waals surface area contributed by atoms with E-state index in [1.807, 2.05) is 7.11 Å². The zero-order chi connectivity index (χ0) is 12.7. The molecule has 0 aromatic heterocycles. The molecule has 0 radical (unpaired) electrons. The first-order chi connectivity index (χ1) is 8.24. The second kappa shape index (κ2) is 7.92. The molecule has 1 heteroatoms.